The van der Waals surface area contributed by atoms with Crippen LogP contribution in [-0.2, 0) is 4.79 Å². The van der Waals surface area contributed by atoms with Crippen LogP contribution in [0.3, 0.4) is 0 Å². The number of anilines is 1. The molecule has 2 heterocycles. The average Bonchev–Trinajstić information content (AvgIpc) is 2.66. The number of halogens is 1. The highest BCUT2D eigenvalue weighted by Gasteiger charge is 2.36. The third-order valence-corrected chi connectivity index (χ3v) is 3.59. The van der Waals surface area contributed by atoms with Gasteiger partial charge in [0.1, 0.15) is 5.52 Å². The summed E-state index contributed by atoms with van der Waals surface area (Å²) in [6.07, 6.45) is 0. The van der Waals surface area contributed by atoms with Gasteiger partial charge in [0.15, 0.2) is 5.58 Å². The first kappa shape index (κ1) is 14.2. The molecule has 1 aromatic carbocycles. The summed E-state index contributed by atoms with van der Waals surface area (Å²) in [6, 6.07) is 5.90. The molecule has 0 aliphatic carbocycles. The van der Waals surface area contributed by atoms with Gasteiger partial charge < -0.3 is 14.6 Å². The molecule has 0 bridgehead atoms. The second-order valence-corrected chi connectivity index (χ2v) is 6.89. The maximum Gasteiger partial charge on any atom is 0.298 e. The van der Waals surface area contributed by atoms with Gasteiger partial charge in [0.2, 0.25) is 5.91 Å². The Morgan fingerprint density at radius 2 is 2.14 bits per heavy atom. The van der Waals surface area contributed by atoms with Crippen LogP contribution in [0.2, 0.25) is 5.02 Å². The van der Waals surface area contributed by atoms with Crippen molar-refractivity contribution in [1.82, 2.24) is 10.3 Å². The summed E-state index contributed by atoms with van der Waals surface area (Å²) in [4.78, 5) is 18.4. The van der Waals surface area contributed by atoms with Crippen molar-refractivity contribution in [2.75, 3.05) is 18.0 Å². The van der Waals surface area contributed by atoms with Crippen molar-refractivity contribution in [2.45, 2.75) is 26.3 Å². The van der Waals surface area contributed by atoms with E-state index in [0.29, 0.717) is 29.7 Å². The lowest BCUT2D eigenvalue weighted by Crippen LogP contribution is -2.56. The standard InChI is InChI=1S/C15H18ClN3O2/c1-15(2,3)18-13(20)9-7-19(8-9)14-17-11-6-10(16)4-5-12(11)21-14/h4-6,9H,7-8H2,1-3H3,(H,18,20). The molecule has 3 rings (SSSR count). The zero-order valence-corrected chi connectivity index (χ0v) is 13.1. The summed E-state index contributed by atoms with van der Waals surface area (Å²) in [5, 5.41) is 3.63. The highest BCUT2D eigenvalue weighted by molar-refractivity contribution is 6.31. The first-order valence-electron chi connectivity index (χ1n) is 6.95. The summed E-state index contributed by atoms with van der Waals surface area (Å²) in [6.45, 7) is 7.19. The number of rotatable bonds is 2. The van der Waals surface area contributed by atoms with E-state index in [1.54, 1.807) is 18.2 Å². The number of hydrogen-bond acceptors (Lipinski definition) is 4. The third kappa shape index (κ3) is 2.97. The molecular weight excluding hydrogens is 290 g/mol. The minimum atomic E-state index is -0.203. The lowest BCUT2D eigenvalue weighted by molar-refractivity contribution is -0.127. The van der Waals surface area contributed by atoms with E-state index in [9.17, 15) is 4.79 Å². The minimum absolute atomic E-state index is 0.0113. The molecule has 21 heavy (non-hydrogen) atoms. The monoisotopic (exact) mass is 307 g/mol. The fourth-order valence-corrected chi connectivity index (χ4v) is 2.46. The Hall–Kier alpha value is -1.75. The first-order valence-corrected chi connectivity index (χ1v) is 7.33. The number of benzene rings is 1. The van der Waals surface area contributed by atoms with E-state index in [4.69, 9.17) is 16.0 Å². The van der Waals surface area contributed by atoms with Crippen LogP contribution in [0, 0.1) is 5.92 Å². The molecule has 1 aliphatic heterocycles. The predicted octanol–water partition coefficient (Wildman–Crippen LogP) is 2.83. The number of nitrogens with zero attached hydrogens (tertiary/aromatic N) is 2. The van der Waals surface area contributed by atoms with Crippen LogP contribution in [0.15, 0.2) is 22.6 Å². The number of aromatic nitrogens is 1. The van der Waals surface area contributed by atoms with Crippen molar-refractivity contribution >= 4 is 34.6 Å². The van der Waals surface area contributed by atoms with Gasteiger partial charge in [-0.1, -0.05) is 11.6 Å². The molecule has 5 nitrogen and oxygen atoms in total. The van der Waals surface area contributed by atoms with E-state index in [0.717, 1.165) is 5.52 Å². The van der Waals surface area contributed by atoms with Crippen LogP contribution >= 0.6 is 11.6 Å². The van der Waals surface area contributed by atoms with Crippen molar-refractivity contribution in [2.24, 2.45) is 5.92 Å². The molecule has 6 heteroatoms. The van der Waals surface area contributed by atoms with Crippen LogP contribution < -0.4 is 10.2 Å². The Bertz CT molecular complexity index is 684. The topological polar surface area (TPSA) is 58.4 Å². The fraction of sp³-hybridized carbons (Fsp3) is 0.467. The Morgan fingerprint density at radius 1 is 1.43 bits per heavy atom. The van der Waals surface area contributed by atoms with Crippen molar-refractivity contribution in [3.05, 3.63) is 23.2 Å². The van der Waals surface area contributed by atoms with E-state index >= 15 is 0 Å². The molecule has 0 unspecified atom stereocenters. The van der Waals surface area contributed by atoms with Crippen LogP contribution in [-0.4, -0.2) is 29.5 Å². The van der Waals surface area contributed by atoms with Gasteiger partial charge in [0.05, 0.1) is 5.92 Å². The zero-order valence-electron chi connectivity index (χ0n) is 12.3. The number of nitrogens with one attached hydrogen (secondary N) is 1. The normalized spacial score (nSPS) is 16.1. The van der Waals surface area contributed by atoms with E-state index in [2.05, 4.69) is 10.3 Å². The Morgan fingerprint density at radius 3 is 2.81 bits per heavy atom. The average molecular weight is 308 g/mol. The fourth-order valence-electron chi connectivity index (χ4n) is 2.30. The molecule has 2 aromatic rings. The SMILES string of the molecule is CC(C)(C)NC(=O)C1CN(c2nc3cc(Cl)ccc3o2)C1. The molecule has 0 spiro atoms. The highest BCUT2D eigenvalue weighted by Crippen LogP contribution is 2.29. The minimum Gasteiger partial charge on any atom is -0.423 e. The van der Waals surface area contributed by atoms with Gasteiger partial charge in [0, 0.05) is 23.7 Å². The molecule has 112 valence electrons. The third-order valence-electron chi connectivity index (χ3n) is 3.36. The largest absolute Gasteiger partial charge is 0.423 e. The predicted molar refractivity (Wildman–Crippen MR) is 82.6 cm³/mol. The van der Waals surface area contributed by atoms with E-state index < -0.39 is 0 Å². The number of fused-ring (bicyclic) bond motifs is 1. The van der Waals surface area contributed by atoms with Crippen LogP contribution in [0.5, 0.6) is 0 Å². The summed E-state index contributed by atoms with van der Waals surface area (Å²) in [7, 11) is 0. The molecule has 0 radical (unpaired) electrons. The number of carbonyl (C=O) groups is 1. The van der Waals surface area contributed by atoms with E-state index in [1.165, 1.54) is 0 Å². The summed E-state index contributed by atoms with van der Waals surface area (Å²) < 4.78 is 5.68. The van der Waals surface area contributed by atoms with Gasteiger partial charge in [-0.2, -0.15) is 4.98 Å². The van der Waals surface area contributed by atoms with Crippen molar-refractivity contribution < 1.29 is 9.21 Å². The molecule has 1 N–H and O–H groups in total. The Balaban J connectivity index is 1.66. The van der Waals surface area contributed by atoms with Gasteiger partial charge >= 0.3 is 0 Å². The zero-order chi connectivity index (χ0) is 15.2. The van der Waals surface area contributed by atoms with Gasteiger partial charge in [0.25, 0.3) is 6.01 Å². The maximum atomic E-state index is 12.0. The number of amides is 1. The van der Waals surface area contributed by atoms with E-state index in [-0.39, 0.29) is 17.4 Å². The Labute approximate surface area is 128 Å². The highest BCUT2D eigenvalue weighted by atomic mass is 35.5. The van der Waals surface area contributed by atoms with Crippen molar-refractivity contribution in [3.8, 4) is 0 Å². The van der Waals surface area contributed by atoms with Gasteiger partial charge in [-0.25, -0.2) is 0 Å². The second-order valence-electron chi connectivity index (χ2n) is 6.45. The van der Waals surface area contributed by atoms with Crippen molar-refractivity contribution in [3.63, 3.8) is 0 Å². The first-order chi connectivity index (χ1) is 9.82. The maximum absolute atomic E-state index is 12.0. The smallest absolute Gasteiger partial charge is 0.298 e. The van der Waals surface area contributed by atoms with Crippen molar-refractivity contribution in [1.29, 1.82) is 0 Å². The lowest BCUT2D eigenvalue weighted by Gasteiger charge is -2.38. The van der Waals surface area contributed by atoms with Crippen LogP contribution in [0.4, 0.5) is 6.01 Å². The molecule has 1 saturated heterocycles. The van der Waals surface area contributed by atoms with Gasteiger partial charge in [-0.05, 0) is 39.0 Å². The molecule has 0 saturated carbocycles. The van der Waals surface area contributed by atoms with Gasteiger partial charge in [-0.15, -0.1) is 0 Å². The molecule has 1 amide bonds. The number of oxazole rings is 1. The van der Waals surface area contributed by atoms with Crippen LogP contribution in [0.25, 0.3) is 11.1 Å². The molecule has 1 aromatic heterocycles. The quantitative estimate of drug-likeness (QED) is 0.927. The summed E-state index contributed by atoms with van der Waals surface area (Å²) >= 11 is 5.93. The van der Waals surface area contributed by atoms with Crippen LogP contribution in [0.1, 0.15) is 20.8 Å². The summed E-state index contributed by atoms with van der Waals surface area (Å²) in [5.74, 6) is 0.0701. The summed E-state index contributed by atoms with van der Waals surface area (Å²) in [5.41, 5.74) is 1.24. The Kier molecular flexibility index (Phi) is 3.32. The molecular formula is C15H18ClN3O2. The second kappa shape index (κ2) is 4.91. The van der Waals surface area contributed by atoms with Gasteiger partial charge in [-0.3, -0.25) is 4.79 Å². The lowest BCUT2D eigenvalue weighted by atomic mass is 9.98. The number of hydrogen-bond donors (Lipinski definition) is 1. The molecule has 1 fully saturated rings. The molecule has 0 atom stereocenters. The number of carbonyl (C=O) groups excluding carboxylic acids is 1. The molecule has 1 aliphatic rings. The van der Waals surface area contributed by atoms with E-state index in [1.807, 2.05) is 25.7 Å².